The summed E-state index contributed by atoms with van der Waals surface area (Å²) in [6.07, 6.45) is -8.72. The van der Waals surface area contributed by atoms with Crippen molar-refractivity contribution in [3.05, 3.63) is 12.2 Å². The number of alkyl halides is 6. The number of unbranched alkanes of at least 4 members (excludes halogenated alkanes) is 1. The second kappa shape index (κ2) is 4.70. The van der Waals surface area contributed by atoms with Crippen molar-refractivity contribution in [3.63, 3.8) is 0 Å². The van der Waals surface area contributed by atoms with Gasteiger partial charge in [0.2, 0.25) is 0 Å². The lowest BCUT2D eigenvalue weighted by Crippen LogP contribution is -2.34. The Bertz CT molecular complexity index is 173. The first kappa shape index (κ1) is 13.3. The fourth-order valence-electron chi connectivity index (χ4n) is 0.803. The van der Waals surface area contributed by atoms with E-state index in [9.17, 15) is 26.3 Å². The zero-order valence-corrected chi connectivity index (χ0v) is 7.41. The third-order valence-electron chi connectivity index (χ3n) is 1.49. The van der Waals surface area contributed by atoms with E-state index in [2.05, 4.69) is 0 Å². The van der Waals surface area contributed by atoms with E-state index < -0.39 is 18.3 Å². The van der Waals surface area contributed by atoms with E-state index in [4.69, 9.17) is 0 Å². The topological polar surface area (TPSA) is 0 Å². The standard InChI is InChI=1S/C8H10F6/c1-2-3-4-5-6(7(9,10)11)8(12,13)14/h4-6H,2-3H2,1H3. The Balaban J connectivity index is 4.59. The van der Waals surface area contributed by atoms with Crippen LogP contribution in [0, 0.1) is 5.92 Å². The summed E-state index contributed by atoms with van der Waals surface area (Å²) in [6.45, 7) is 1.67. The quantitative estimate of drug-likeness (QED) is 0.496. The first-order valence-electron chi connectivity index (χ1n) is 3.99. The van der Waals surface area contributed by atoms with Gasteiger partial charge in [-0.3, -0.25) is 0 Å². The van der Waals surface area contributed by atoms with E-state index in [1.54, 1.807) is 6.92 Å². The average Bonchev–Trinajstić information content (AvgIpc) is 1.92. The highest BCUT2D eigenvalue weighted by Crippen LogP contribution is 2.40. The molecule has 0 aromatic carbocycles. The Hall–Kier alpha value is -0.680. The van der Waals surface area contributed by atoms with Gasteiger partial charge in [0.25, 0.3) is 0 Å². The summed E-state index contributed by atoms with van der Waals surface area (Å²) in [5.41, 5.74) is 0. The number of halogens is 6. The first-order chi connectivity index (χ1) is 6.19. The van der Waals surface area contributed by atoms with Gasteiger partial charge >= 0.3 is 12.4 Å². The minimum atomic E-state index is -5.26. The SMILES string of the molecule is CCCC=CC(C(F)(F)F)C(F)(F)F. The highest BCUT2D eigenvalue weighted by molar-refractivity contribution is 4.95. The van der Waals surface area contributed by atoms with Crippen LogP contribution in [-0.2, 0) is 0 Å². The van der Waals surface area contributed by atoms with Crippen molar-refractivity contribution in [2.75, 3.05) is 0 Å². The molecule has 0 bridgehead atoms. The summed E-state index contributed by atoms with van der Waals surface area (Å²) in [6, 6.07) is 0. The zero-order chi connectivity index (χ0) is 11.4. The predicted octanol–water partition coefficient (Wildman–Crippen LogP) is 4.08. The fourth-order valence-corrected chi connectivity index (χ4v) is 0.803. The molecule has 0 radical (unpaired) electrons. The summed E-state index contributed by atoms with van der Waals surface area (Å²) in [7, 11) is 0. The van der Waals surface area contributed by atoms with Crippen LogP contribution in [0.4, 0.5) is 26.3 Å². The number of hydrogen-bond acceptors (Lipinski definition) is 0. The largest absolute Gasteiger partial charge is 0.403 e. The maximum Gasteiger partial charge on any atom is 0.403 e. The van der Waals surface area contributed by atoms with Crippen LogP contribution >= 0.6 is 0 Å². The molecule has 0 fully saturated rings. The minimum Gasteiger partial charge on any atom is -0.170 e. The Morgan fingerprint density at radius 1 is 1.00 bits per heavy atom. The monoisotopic (exact) mass is 220 g/mol. The van der Waals surface area contributed by atoms with Gasteiger partial charge in [0.15, 0.2) is 5.92 Å². The fraction of sp³-hybridized carbons (Fsp3) is 0.750. The molecular formula is C8H10F6. The van der Waals surface area contributed by atoms with Crippen molar-refractivity contribution in [1.82, 2.24) is 0 Å². The summed E-state index contributed by atoms with van der Waals surface area (Å²) < 4.78 is 71.2. The van der Waals surface area contributed by atoms with Crippen LogP contribution in [0.25, 0.3) is 0 Å². The van der Waals surface area contributed by atoms with E-state index >= 15 is 0 Å². The lowest BCUT2D eigenvalue weighted by atomic mass is 10.1. The third-order valence-corrected chi connectivity index (χ3v) is 1.49. The van der Waals surface area contributed by atoms with Gasteiger partial charge in [-0.1, -0.05) is 25.5 Å². The Kier molecular flexibility index (Phi) is 4.48. The van der Waals surface area contributed by atoms with Crippen LogP contribution in [0.3, 0.4) is 0 Å². The van der Waals surface area contributed by atoms with Crippen molar-refractivity contribution in [1.29, 1.82) is 0 Å². The van der Waals surface area contributed by atoms with Crippen LogP contribution in [0.5, 0.6) is 0 Å². The van der Waals surface area contributed by atoms with Gasteiger partial charge < -0.3 is 0 Å². The van der Waals surface area contributed by atoms with Gasteiger partial charge in [-0.2, -0.15) is 26.3 Å². The van der Waals surface area contributed by atoms with Gasteiger partial charge in [0, 0.05) is 0 Å². The molecule has 0 rings (SSSR count). The van der Waals surface area contributed by atoms with Crippen molar-refractivity contribution in [2.24, 2.45) is 5.92 Å². The molecule has 6 heteroatoms. The second-order valence-electron chi connectivity index (χ2n) is 2.78. The van der Waals surface area contributed by atoms with Gasteiger partial charge in [-0.05, 0) is 6.42 Å². The summed E-state index contributed by atoms with van der Waals surface area (Å²) in [5, 5.41) is 0. The Morgan fingerprint density at radius 2 is 1.43 bits per heavy atom. The van der Waals surface area contributed by atoms with Crippen molar-refractivity contribution in [2.45, 2.75) is 32.1 Å². The Labute approximate surface area is 77.6 Å². The van der Waals surface area contributed by atoms with Gasteiger partial charge in [-0.25, -0.2) is 0 Å². The molecule has 0 N–H and O–H groups in total. The van der Waals surface area contributed by atoms with Crippen molar-refractivity contribution in [3.8, 4) is 0 Å². The van der Waals surface area contributed by atoms with E-state index in [0.29, 0.717) is 6.42 Å². The molecule has 0 aromatic heterocycles. The molecule has 0 heterocycles. The molecule has 0 saturated heterocycles. The molecule has 84 valence electrons. The lowest BCUT2D eigenvalue weighted by molar-refractivity contribution is -0.267. The van der Waals surface area contributed by atoms with Crippen LogP contribution in [0.2, 0.25) is 0 Å². The van der Waals surface area contributed by atoms with E-state index in [1.165, 1.54) is 0 Å². The highest BCUT2D eigenvalue weighted by atomic mass is 19.4. The first-order valence-corrected chi connectivity index (χ1v) is 3.99. The molecule has 0 amide bonds. The van der Waals surface area contributed by atoms with Crippen LogP contribution in [0.15, 0.2) is 12.2 Å². The predicted molar refractivity (Wildman–Crippen MR) is 39.6 cm³/mol. The summed E-state index contributed by atoms with van der Waals surface area (Å²) >= 11 is 0. The third kappa shape index (κ3) is 4.53. The lowest BCUT2D eigenvalue weighted by Gasteiger charge is -2.19. The van der Waals surface area contributed by atoms with Crippen LogP contribution < -0.4 is 0 Å². The van der Waals surface area contributed by atoms with Crippen LogP contribution in [-0.4, -0.2) is 12.4 Å². The molecule has 0 unspecified atom stereocenters. The number of rotatable bonds is 3. The van der Waals surface area contributed by atoms with Gasteiger partial charge in [0.05, 0.1) is 0 Å². The average molecular weight is 220 g/mol. The van der Waals surface area contributed by atoms with E-state index in [1.807, 2.05) is 0 Å². The van der Waals surface area contributed by atoms with Crippen LogP contribution in [0.1, 0.15) is 19.8 Å². The Morgan fingerprint density at radius 3 is 1.71 bits per heavy atom. The molecule has 0 spiro atoms. The van der Waals surface area contributed by atoms with E-state index in [-0.39, 0.29) is 12.5 Å². The minimum absolute atomic E-state index is 0.170. The van der Waals surface area contributed by atoms with Gasteiger partial charge in [-0.15, -0.1) is 0 Å². The molecular weight excluding hydrogens is 210 g/mol. The molecule has 0 aliphatic rings. The normalized spacial score (nSPS) is 14.3. The summed E-state index contributed by atoms with van der Waals surface area (Å²) in [5.74, 6) is -3.35. The van der Waals surface area contributed by atoms with Crippen molar-refractivity contribution >= 4 is 0 Å². The molecule has 0 aliphatic carbocycles. The molecule has 0 atom stereocenters. The molecule has 0 aliphatic heterocycles. The second-order valence-corrected chi connectivity index (χ2v) is 2.78. The van der Waals surface area contributed by atoms with E-state index in [0.717, 1.165) is 6.08 Å². The smallest absolute Gasteiger partial charge is 0.170 e. The summed E-state index contributed by atoms with van der Waals surface area (Å²) in [4.78, 5) is 0. The van der Waals surface area contributed by atoms with Crippen molar-refractivity contribution < 1.29 is 26.3 Å². The number of hydrogen-bond donors (Lipinski definition) is 0. The molecule has 0 nitrogen and oxygen atoms in total. The zero-order valence-electron chi connectivity index (χ0n) is 7.41. The molecule has 0 saturated carbocycles. The molecule has 14 heavy (non-hydrogen) atoms. The number of allylic oxidation sites excluding steroid dienone is 2. The molecule has 0 aromatic rings. The van der Waals surface area contributed by atoms with Gasteiger partial charge in [0.1, 0.15) is 0 Å². The maximum atomic E-state index is 11.9. The highest BCUT2D eigenvalue weighted by Gasteiger charge is 2.54. The maximum absolute atomic E-state index is 11.9.